The minimum absolute atomic E-state index is 0.211. The van der Waals surface area contributed by atoms with Crippen LogP contribution in [-0.4, -0.2) is 23.6 Å². The van der Waals surface area contributed by atoms with E-state index in [0.717, 1.165) is 25.7 Å². The number of urea groups is 1. The summed E-state index contributed by atoms with van der Waals surface area (Å²) in [6.45, 7) is 2.21. The molecule has 0 atom stereocenters. The van der Waals surface area contributed by atoms with Crippen molar-refractivity contribution in [3.8, 4) is 0 Å². The van der Waals surface area contributed by atoms with E-state index in [4.69, 9.17) is 18.0 Å². The summed E-state index contributed by atoms with van der Waals surface area (Å²) in [6, 6.07) is -0.211. The van der Waals surface area contributed by atoms with Gasteiger partial charge in [-0.3, -0.25) is 0 Å². The molecule has 1 aliphatic carbocycles. The first-order chi connectivity index (χ1) is 7.00. The Morgan fingerprint density at radius 2 is 2.00 bits per heavy atom. The highest BCUT2D eigenvalue weighted by atomic mass is 32.1. The van der Waals surface area contributed by atoms with E-state index in [1.807, 2.05) is 0 Å². The van der Waals surface area contributed by atoms with Crippen molar-refractivity contribution in [3.05, 3.63) is 0 Å². The van der Waals surface area contributed by atoms with E-state index in [0.29, 0.717) is 10.9 Å². The van der Waals surface area contributed by atoms with Crippen molar-refractivity contribution < 1.29 is 4.79 Å². The smallest absolute Gasteiger partial charge is 0.315 e. The molecule has 5 heteroatoms. The van der Waals surface area contributed by atoms with Crippen LogP contribution in [0.1, 0.15) is 32.6 Å². The van der Waals surface area contributed by atoms with E-state index < -0.39 is 5.54 Å². The summed E-state index contributed by atoms with van der Waals surface area (Å²) < 4.78 is 0. The largest absolute Gasteiger partial charge is 0.391 e. The quantitative estimate of drug-likeness (QED) is 0.622. The van der Waals surface area contributed by atoms with Gasteiger partial charge in [-0.15, -0.1) is 0 Å². The van der Waals surface area contributed by atoms with Gasteiger partial charge in [0, 0.05) is 7.05 Å². The lowest BCUT2D eigenvalue weighted by Crippen LogP contribution is -2.59. The van der Waals surface area contributed by atoms with Gasteiger partial charge in [-0.2, -0.15) is 0 Å². The van der Waals surface area contributed by atoms with Crippen molar-refractivity contribution in [1.82, 2.24) is 10.6 Å². The lowest BCUT2D eigenvalue weighted by molar-refractivity contribution is 0.218. The van der Waals surface area contributed by atoms with Crippen LogP contribution in [0.15, 0.2) is 0 Å². The third-order valence-corrected chi connectivity index (χ3v) is 3.57. The van der Waals surface area contributed by atoms with Crippen molar-refractivity contribution >= 4 is 23.2 Å². The Morgan fingerprint density at radius 1 is 1.47 bits per heavy atom. The molecule has 0 aromatic heterocycles. The van der Waals surface area contributed by atoms with E-state index in [1.165, 1.54) is 0 Å². The Labute approximate surface area is 96.0 Å². The first-order valence-electron chi connectivity index (χ1n) is 5.30. The minimum Gasteiger partial charge on any atom is -0.391 e. The topological polar surface area (TPSA) is 67.2 Å². The predicted molar refractivity (Wildman–Crippen MR) is 64.7 cm³/mol. The third-order valence-electron chi connectivity index (χ3n) is 3.18. The maximum atomic E-state index is 11.3. The van der Waals surface area contributed by atoms with Gasteiger partial charge < -0.3 is 16.4 Å². The summed E-state index contributed by atoms with van der Waals surface area (Å²) in [4.78, 5) is 11.7. The maximum absolute atomic E-state index is 11.3. The molecule has 0 saturated heterocycles. The molecular formula is C10H19N3OS. The number of nitrogens with two attached hydrogens (primary N) is 1. The number of thiocarbonyl (C=S) groups is 1. The average molecular weight is 229 g/mol. The number of nitrogens with one attached hydrogen (secondary N) is 2. The van der Waals surface area contributed by atoms with Gasteiger partial charge in [0.15, 0.2) is 0 Å². The molecule has 0 radical (unpaired) electrons. The molecule has 1 fully saturated rings. The molecule has 1 aliphatic rings. The van der Waals surface area contributed by atoms with E-state index in [9.17, 15) is 4.79 Å². The number of carbonyl (C=O) groups is 1. The maximum Gasteiger partial charge on any atom is 0.315 e. The summed E-state index contributed by atoms with van der Waals surface area (Å²) in [5.74, 6) is 0.693. The van der Waals surface area contributed by atoms with Gasteiger partial charge in [-0.1, -0.05) is 19.1 Å². The fourth-order valence-electron chi connectivity index (χ4n) is 1.97. The molecule has 0 aromatic rings. The van der Waals surface area contributed by atoms with Crippen LogP contribution in [0.5, 0.6) is 0 Å². The molecule has 4 N–H and O–H groups in total. The number of rotatable bonds is 2. The van der Waals surface area contributed by atoms with Crippen LogP contribution in [-0.2, 0) is 0 Å². The summed E-state index contributed by atoms with van der Waals surface area (Å²) in [5.41, 5.74) is 5.27. The van der Waals surface area contributed by atoms with Crippen molar-refractivity contribution in [2.24, 2.45) is 11.7 Å². The highest BCUT2D eigenvalue weighted by Crippen LogP contribution is 2.32. The van der Waals surface area contributed by atoms with Gasteiger partial charge in [0.05, 0.1) is 10.5 Å². The first kappa shape index (κ1) is 12.2. The van der Waals surface area contributed by atoms with Crippen molar-refractivity contribution in [3.63, 3.8) is 0 Å². The Bertz CT molecular complexity index is 259. The normalized spacial score (nSPS) is 30.7. The molecule has 0 aliphatic heterocycles. The second-order valence-corrected chi connectivity index (χ2v) is 4.77. The highest BCUT2D eigenvalue weighted by Gasteiger charge is 2.38. The van der Waals surface area contributed by atoms with Crippen LogP contribution in [0, 0.1) is 5.92 Å². The van der Waals surface area contributed by atoms with E-state index >= 15 is 0 Å². The van der Waals surface area contributed by atoms with Gasteiger partial charge >= 0.3 is 6.03 Å². The van der Waals surface area contributed by atoms with Gasteiger partial charge in [0.25, 0.3) is 0 Å². The second-order valence-electron chi connectivity index (χ2n) is 4.33. The molecule has 0 bridgehead atoms. The standard InChI is InChI=1S/C10H19N3OS/c1-7-3-5-10(6-4-7,8(11)15)13-9(14)12-2/h7H,3-6H2,1-2H3,(H2,11,15)(H2,12,13,14). The van der Waals surface area contributed by atoms with Crippen LogP contribution in [0.4, 0.5) is 4.79 Å². The summed E-state index contributed by atoms with van der Waals surface area (Å²) in [7, 11) is 1.59. The zero-order valence-corrected chi connectivity index (χ0v) is 10.1. The molecule has 15 heavy (non-hydrogen) atoms. The van der Waals surface area contributed by atoms with E-state index in [-0.39, 0.29) is 6.03 Å². The molecule has 1 saturated carbocycles. The highest BCUT2D eigenvalue weighted by molar-refractivity contribution is 7.80. The lowest BCUT2D eigenvalue weighted by Gasteiger charge is -2.39. The molecule has 86 valence electrons. The van der Waals surface area contributed by atoms with E-state index in [2.05, 4.69) is 17.6 Å². The number of amides is 2. The summed E-state index contributed by atoms with van der Waals surface area (Å²) in [6.07, 6.45) is 3.80. The number of hydrogen-bond acceptors (Lipinski definition) is 2. The fourth-order valence-corrected chi connectivity index (χ4v) is 2.22. The molecule has 0 unspecified atom stereocenters. The molecule has 0 spiro atoms. The van der Waals surface area contributed by atoms with Crippen LogP contribution in [0.3, 0.4) is 0 Å². The third kappa shape index (κ3) is 2.81. The van der Waals surface area contributed by atoms with Gasteiger partial charge in [-0.05, 0) is 31.6 Å². The molecule has 1 rings (SSSR count). The van der Waals surface area contributed by atoms with Crippen LogP contribution >= 0.6 is 12.2 Å². The van der Waals surface area contributed by atoms with Crippen LogP contribution in [0.2, 0.25) is 0 Å². The minimum atomic E-state index is -0.470. The first-order valence-corrected chi connectivity index (χ1v) is 5.71. The zero-order valence-electron chi connectivity index (χ0n) is 9.30. The van der Waals surface area contributed by atoms with Gasteiger partial charge in [0.2, 0.25) is 0 Å². The number of carbonyl (C=O) groups excluding carboxylic acids is 1. The Kier molecular flexibility index (Phi) is 3.90. The molecule has 0 heterocycles. The Balaban J connectivity index is 2.71. The Hall–Kier alpha value is -0.840. The predicted octanol–water partition coefficient (Wildman–Crippen LogP) is 1.15. The van der Waals surface area contributed by atoms with Gasteiger partial charge in [-0.25, -0.2) is 4.79 Å². The zero-order chi connectivity index (χ0) is 11.5. The molecule has 4 nitrogen and oxygen atoms in total. The molecular weight excluding hydrogens is 210 g/mol. The van der Waals surface area contributed by atoms with Crippen LogP contribution in [0.25, 0.3) is 0 Å². The van der Waals surface area contributed by atoms with Crippen LogP contribution < -0.4 is 16.4 Å². The van der Waals surface area contributed by atoms with E-state index in [1.54, 1.807) is 7.05 Å². The molecule has 0 aromatic carbocycles. The monoisotopic (exact) mass is 229 g/mol. The Morgan fingerprint density at radius 3 is 2.40 bits per heavy atom. The summed E-state index contributed by atoms with van der Waals surface area (Å²) in [5, 5.41) is 5.42. The van der Waals surface area contributed by atoms with Crippen molar-refractivity contribution in [1.29, 1.82) is 0 Å². The lowest BCUT2D eigenvalue weighted by atomic mass is 9.77. The summed E-state index contributed by atoms with van der Waals surface area (Å²) >= 11 is 5.07. The van der Waals surface area contributed by atoms with Gasteiger partial charge in [0.1, 0.15) is 0 Å². The average Bonchev–Trinajstić information content (AvgIpc) is 2.21. The van der Waals surface area contributed by atoms with Crippen molar-refractivity contribution in [2.45, 2.75) is 38.1 Å². The molecule has 2 amide bonds. The number of hydrogen-bond donors (Lipinski definition) is 3. The second kappa shape index (κ2) is 4.79. The fraction of sp³-hybridized carbons (Fsp3) is 0.800. The SMILES string of the molecule is CNC(=O)NC1(C(N)=S)CCC(C)CC1. The van der Waals surface area contributed by atoms with Crippen molar-refractivity contribution in [2.75, 3.05) is 7.05 Å².